The highest BCUT2D eigenvalue weighted by Gasteiger charge is 2.30. The molecule has 96 valence electrons. The molecule has 2 N–H and O–H groups in total. The second kappa shape index (κ2) is 5.85. The molecule has 3 nitrogen and oxygen atoms in total. The maximum atomic E-state index is 12.1. The van der Waals surface area contributed by atoms with Gasteiger partial charge in [0.05, 0.1) is 12.1 Å². The lowest BCUT2D eigenvalue weighted by Gasteiger charge is -2.35. The molecule has 0 fully saturated rings. The monoisotopic (exact) mass is 274 g/mol. The van der Waals surface area contributed by atoms with Crippen molar-refractivity contribution in [2.24, 2.45) is 5.73 Å². The van der Waals surface area contributed by atoms with E-state index >= 15 is 0 Å². The highest BCUT2D eigenvalue weighted by molar-refractivity contribution is 7.10. The summed E-state index contributed by atoms with van der Waals surface area (Å²) in [5.74, 6) is 0.0897. The molecule has 2 rings (SSSR count). The van der Waals surface area contributed by atoms with Crippen molar-refractivity contribution in [2.75, 3.05) is 6.54 Å². The molecule has 0 radical (unpaired) electrons. The quantitative estimate of drug-likeness (QED) is 0.900. The van der Waals surface area contributed by atoms with Crippen LogP contribution in [0.4, 0.5) is 0 Å². The summed E-state index contributed by atoms with van der Waals surface area (Å²) < 4.78 is 0. The van der Waals surface area contributed by atoms with E-state index in [0.29, 0.717) is 6.42 Å². The van der Waals surface area contributed by atoms with E-state index in [0.717, 1.165) is 13.0 Å². The van der Waals surface area contributed by atoms with Gasteiger partial charge < -0.3 is 10.6 Å². The lowest BCUT2D eigenvalue weighted by atomic mass is 10.0. The van der Waals surface area contributed by atoms with Gasteiger partial charge in [-0.3, -0.25) is 4.79 Å². The number of carbonyl (C=O) groups is 1. The maximum absolute atomic E-state index is 12.1. The van der Waals surface area contributed by atoms with Gasteiger partial charge in [0.2, 0.25) is 5.91 Å². The van der Waals surface area contributed by atoms with Crippen molar-refractivity contribution in [3.8, 4) is 0 Å². The van der Waals surface area contributed by atoms with Gasteiger partial charge in [0.1, 0.15) is 0 Å². The predicted molar refractivity (Wildman–Crippen MR) is 73.7 cm³/mol. The molecule has 1 aliphatic heterocycles. The zero-order chi connectivity index (χ0) is 11.7. The van der Waals surface area contributed by atoms with Crippen LogP contribution >= 0.6 is 23.7 Å². The molecule has 5 heteroatoms. The van der Waals surface area contributed by atoms with E-state index < -0.39 is 0 Å². The summed E-state index contributed by atoms with van der Waals surface area (Å²) in [4.78, 5) is 15.4. The van der Waals surface area contributed by atoms with E-state index in [-0.39, 0.29) is 30.4 Å². The SMILES string of the molecule is CC[C@H](N)C(=O)N1CCc2sccc2C1C.Cl. The molecule has 0 aromatic carbocycles. The molecular formula is C12H19ClN2OS. The van der Waals surface area contributed by atoms with Gasteiger partial charge in [-0.05, 0) is 36.8 Å². The van der Waals surface area contributed by atoms with Gasteiger partial charge in [0.25, 0.3) is 0 Å². The van der Waals surface area contributed by atoms with Crippen molar-refractivity contribution in [1.82, 2.24) is 4.90 Å². The molecule has 0 spiro atoms. The van der Waals surface area contributed by atoms with E-state index in [1.54, 1.807) is 11.3 Å². The minimum absolute atomic E-state index is 0. The average molecular weight is 275 g/mol. The minimum Gasteiger partial charge on any atom is -0.334 e. The Morgan fingerprint density at radius 3 is 3.06 bits per heavy atom. The zero-order valence-electron chi connectivity index (χ0n) is 10.2. The Bertz CT molecular complexity index is 394. The fraction of sp³-hybridized carbons (Fsp3) is 0.583. The third-order valence-corrected chi connectivity index (χ3v) is 4.31. The van der Waals surface area contributed by atoms with E-state index in [4.69, 9.17) is 5.73 Å². The standard InChI is InChI=1S/C12H18N2OS.ClH/c1-3-10(13)12(15)14-6-4-11-9(8(14)2)5-7-16-11;/h5,7-8,10H,3-4,6,13H2,1-2H3;1H/t8?,10-;/m0./s1. The Kier molecular flexibility index (Phi) is 4.98. The molecule has 0 aliphatic carbocycles. The number of thiophene rings is 1. The Balaban J connectivity index is 0.00000144. The fourth-order valence-electron chi connectivity index (χ4n) is 2.20. The van der Waals surface area contributed by atoms with Crippen molar-refractivity contribution in [3.63, 3.8) is 0 Å². The van der Waals surface area contributed by atoms with Gasteiger partial charge in [-0.15, -0.1) is 23.7 Å². The van der Waals surface area contributed by atoms with Crippen LogP contribution in [0.1, 0.15) is 36.8 Å². The molecule has 17 heavy (non-hydrogen) atoms. The summed E-state index contributed by atoms with van der Waals surface area (Å²) in [7, 11) is 0. The first-order valence-corrected chi connectivity index (χ1v) is 6.65. The summed E-state index contributed by atoms with van der Waals surface area (Å²) in [5, 5.41) is 2.11. The molecule has 1 amide bonds. The number of carbonyl (C=O) groups excluding carboxylic acids is 1. The fourth-order valence-corrected chi connectivity index (χ4v) is 3.16. The third kappa shape index (κ3) is 2.64. The molecule has 1 aromatic heterocycles. The molecular weight excluding hydrogens is 256 g/mol. The zero-order valence-corrected chi connectivity index (χ0v) is 11.8. The molecule has 1 unspecified atom stereocenters. The summed E-state index contributed by atoms with van der Waals surface area (Å²) in [6.45, 7) is 4.85. The number of hydrogen-bond acceptors (Lipinski definition) is 3. The number of nitrogens with two attached hydrogens (primary N) is 1. The number of hydrogen-bond donors (Lipinski definition) is 1. The lowest BCUT2D eigenvalue weighted by molar-refractivity contribution is -0.135. The Morgan fingerprint density at radius 2 is 2.41 bits per heavy atom. The molecule has 0 saturated carbocycles. The smallest absolute Gasteiger partial charge is 0.239 e. The molecule has 1 aliphatic rings. The second-order valence-corrected chi connectivity index (χ2v) is 5.27. The third-order valence-electron chi connectivity index (χ3n) is 3.32. The summed E-state index contributed by atoms with van der Waals surface area (Å²) in [6.07, 6.45) is 1.68. The van der Waals surface area contributed by atoms with Crippen molar-refractivity contribution in [2.45, 2.75) is 38.8 Å². The minimum atomic E-state index is -0.345. The first-order valence-electron chi connectivity index (χ1n) is 5.77. The second-order valence-electron chi connectivity index (χ2n) is 4.27. The van der Waals surface area contributed by atoms with Crippen LogP contribution in [-0.2, 0) is 11.2 Å². The first-order chi connectivity index (χ1) is 7.65. The van der Waals surface area contributed by atoms with Gasteiger partial charge in [0, 0.05) is 11.4 Å². The van der Waals surface area contributed by atoms with E-state index in [1.807, 2.05) is 11.8 Å². The summed E-state index contributed by atoms with van der Waals surface area (Å²) in [6, 6.07) is 1.96. The van der Waals surface area contributed by atoms with Gasteiger partial charge in [0.15, 0.2) is 0 Å². The van der Waals surface area contributed by atoms with Gasteiger partial charge in [-0.25, -0.2) is 0 Å². The topological polar surface area (TPSA) is 46.3 Å². The highest BCUT2D eigenvalue weighted by atomic mass is 35.5. The number of halogens is 1. The highest BCUT2D eigenvalue weighted by Crippen LogP contribution is 2.32. The first kappa shape index (κ1) is 14.5. The van der Waals surface area contributed by atoms with E-state index in [2.05, 4.69) is 18.4 Å². The van der Waals surface area contributed by atoms with E-state index in [1.165, 1.54) is 10.4 Å². The van der Waals surface area contributed by atoms with Crippen molar-refractivity contribution in [3.05, 3.63) is 21.9 Å². The maximum Gasteiger partial charge on any atom is 0.239 e. The van der Waals surface area contributed by atoms with Crippen LogP contribution in [-0.4, -0.2) is 23.4 Å². The van der Waals surface area contributed by atoms with Crippen molar-refractivity contribution in [1.29, 1.82) is 0 Å². The molecule has 2 atom stereocenters. The molecule has 0 saturated heterocycles. The Labute approximate surface area is 112 Å². The largest absolute Gasteiger partial charge is 0.334 e. The summed E-state index contributed by atoms with van der Waals surface area (Å²) in [5.41, 5.74) is 7.12. The van der Waals surface area contributed by atoms with Crippen LogP contribution in [0.3, 0.4) is 0 Å². The number of rotatable bonds is 2. The normalized spacial score (nSPS) is 20.4. The molecule has 0 bridgehead atoms. The Morgan fingerprint density at radius 1 is 1.71 bits per heavy atom. The lowest BCUT2D eigenvalue weighted by Crippen LogP contribution is -2.46. The van der Waals surface area contributed by atoms with Crippen molar-refractivity contribution < 1.29 is 4.79 Å². The van der Waals surface area contributed by atoms with Gasteiger partial charge in [-0.2, -0.15) is 0 Å². The van der Waals surface area contributed by atoms with Crippen LogP contribution in [0.2, 0.25) is 0 Å². The van der Waals surface area contributed by atoms with Crippen LogP contribution < -0.4 is 5.73 Å². The summed E-state index contributed by atoms with van der Waals surface area (Å²) >= 11 is 1.79. The van der Waals surface area contributed by atoms with Crippen molar-refractivity contribution >= 4 is 29.7 Å². The van der Waals surface area contributed by atoms with Crippen LogP contribution in [0.25, 0.3) is 0 Å². The van der Waals surface area contributed by atoms with Crippen LogP contribution in [0.5, 0.6) is 0 Å². The molecule has 2 heterocycles. The average Bonchev–Trinajstić information content (AvgIpc) is 2.76. The number of amides is 1. The van der Waals surface area contributed by atoms with Gasteiger partial charge in [-0.1, -0.05) is 6.92 Å². The number of fused-ring (bicyclic) bond motifs is 1. The Hall–Kier alpha value is -0.580. The molecule has 1 aromatic rings. The van der Waals surface area contributed by atoms with E-state index in [9.17, 15) is 4.79 Å². The van der Waals surface area contributed by atoms with Gasteiger partial charge >= 0.3 is 0 Å². The predicted octanol–water partition coefficient (Wildman–Crippen LogP) is 2.35. The number of nitrogens with zero attached hydrogens (tertiary/aromatic N) is 1. The van der Waals surface area contributed by atoms with Crippen LogP contribution in [0.15, 0.2) is 11.4 Å². The van der Waals surface area contributed by atoms with Crippen LogP contribution in [0, 0.1) is 0 Å².